The standard InChI is InChI=1S/C18H16N2O3/c1-2-11-23-18(22)16(12-14-7-6-10-19-13-14)20-17(21)15-8-4-3-5-9-15/h2-10,12-13H,1,11H2,(H,20,21)/b16-12+. The predicted octanol–water partition coefficient (Wildman–Crippen LogP) is 2.58. The molecule has 1 aromatic heterocycles. The zero-order chi connectivity index (χ0) is 16.5. The average molecular weight is 308 g/mol. The molecule has 2 rings (SSSR count). The lowest BCUT2D eigenvalue weighted by molar-refractivity contribution is -0.138. The lowest BCUT2D eigenvalue weighted by Gasteiger charge is -2.09. The van der Waals surface area contributed by atoms with Gasteiger partial charge in [-0.3, -0.25) is 9.78 Å². The van der Waals surface area contributed by atoms with Crippen LogP contribution in [0.2, 0.25) is 0 Å². The molecule has 0 radical (unpaired) electrons. The molecule has 23 heavy (non-hydrogen) atoms. The molecule has 0 fully saturated rings. The SMILES string of the molecule is C=CCOC(=O)/C(=C\c1cccnc1)NC(=O)c1ccccc1. The van der Waals surface area contributed by atoms with Crippen molar-refractivity contribution in [3.05, 3.63) is 84.3 Å². The Morgan fingerprint density at radius 3 is 2.61 bits per heavy atom. The number of carbonyl (C=O) groups excluding carboxylic acids is 2. The lowest BCUT2D eigenvalue weighted by atomic mass is 10.2. The summed E-state index contributed by atoms with van der Waals surface area (Å²) in [6.07, 6.45) is 6.17. The van der Waals surface area contributed by atoms with Gasteiger partial charge >= 0.3 is 5.97 Å². The van der Waals surface area contributed by atoms with Gasteiger partial charge in [0.25, 0.3) is 5.91 Å². The van der Waals surface area contributed by atoms with Crippen LogP contribution in [-0.4, -0.2) is 23.5 Å². The van der Waals surface area contributed by atoms with Crippen molar-refractivity contribution in [2.24, 2.45) is 0 Å². The summed E-state index contributed by atoms with van der Waals surface area (Å²) >= 11 is 0. The Kier molecular flexibility index (Phi) is 5.82. The normalized spacial score (nSPS) is 10.7. The highest BCUT2D eigenvalue weighted by Gasteiger charge is 2.15. The van der Waals surface area contributed by atoms with Crippen molar-refractivity contribution in [3.63, 3.8) is 0 Å². The van der Waals surface area contributed by atoms with E-state index in [0.717, 1.165) is 0 Å². The second-order valence-corrected chi connectivity index (χ2v) is 4.55. The van der Waals surface area contributed by atoms with Gasteiger partial charge in [0.05, 0.1) is 0 Å². The first-order chi connectivity index (χ1) is 11.2. The molecule has 0 atom stereocenters. The molecule has 0 bridgehead atoms. The summed E-state index contributed by atoms with van der Waals surface area (Å²) in [5.41, 5.74) is 1.15. The lowest BCUT2D eigenvalue weighted by Crippen LogP contribution is -2.28. The molecule has 1 N–H and O–H groups in total. The molecule has 0 aliphatic heterocycles. The van der Waals surface area contributed by atoms with E-state index in [0.29, 0.717) is 11.1 Å². The molecule has 0 aliphatic carbocycles. The van der Waals surface area contributed by atoms with Crippen molar-refractivity contribution in [2.45, 2.75) is 0 Å². The van der Waals surface area contributed by atoms with Crippen LogP contribution in [-0.2, 0) is 9.53 Å². The largest absolute Gasteiger partial charge is 0.457 e. The molecule has 0 unspecified atom stereocenters. The van der Waals surface area contributed by atoms with Crippen LogP contribution in [0.15, 0.2) is 73.2 Å². The number of nitrogens with zero attached hydrogens (tertiary/aromatic N) is 1. The first-order valence-electron chi connectivity index (χ1n) is 6.97. The summed E-state index contributed by atoms with van der Waals surface area (Å²) in [5.74, 6) is -1.03. The topological polar surface area (TPSA) is 68.3 Å². The van der Waals surface area contributed by atoms with Crippen LogP contribution in [0, 0.1) is 0 Å². The van der Waals surface area contributed by atoms with Gasteiger partial charge in [-0.25, -0.2) is 4.79 Å². The van der Waals surface area contributed by atoms with Crippen LogP contribution in [0.25, 0.3) is 6.08 Å². The molecular weight excluding hydrogens is 292 g/mol. The summed E-state index contributed by atoms with van der Waals surface area (Å²) in [4.78, 5) is 28.3. The fraction of sp³-hybridized carbons (Fsp3) is 0.0556. The molecular formula is C18H16N2O3. The number of hydrogen-bond acceptors (Lipinski definition) is 4. The minimum absolute atomic E-state index is 0.0358. The summed E-state index contributed by atoms with van der Waals surface area (Å²) < 4.78 is 5.00. The van der Waals surface area contributed by atoms with E-state index in [1.165, 1.54) is 12.2 Å². The van der Waals surface area contributed by atoms with Gasteiger partial charge < -0.3 is 10.1 Å². The number of rotatable bonds is 6. The Bertz CT molecular complexity index is 710. The monoisotopic (exact) mass is 308 g/mol. The first kappa shape index (κ1) is 16.2. The Morgan fingerprint density at radius 1 is 1.17 bits per heavy atom. The van der Waals surface area contributed by atoms with Crippen LogP contribution in [0.5, 0.6) is 0 Å². The molecule has 1 amide bonds. The third-order valence-electron chi connectivity index (χ3n) is 2.83. The number of nitrogens with one attached hydrogen (secondary N) is 1. The molecule has 0 aliphatic rings. The highest BCUT2D eigenvalue weighted by Crippen LogP contribution is 2.07. The van der Waals surface area contributed by atoms with E-state index in [-0.39, 0.29) is 12.3 Å². The third kappa shape index (κ3) is 4.93. The number of esters is 1. The predicted molar refractivity (Wildman–Crippen MR) is 87.3 cm³/mol. The minimum Gasteiger partial charge on any atom is -0.457 e. The van der Waals surface area contributed by atoms with Crippen molar-refractivity contribution in [1.29, 1.82) is 0 Å². The zero-order valence-corrected chi connectivity index (χ0v) is 12.4. The third-order valence-corrected chi connectivity index (χ3v) is 2.83. The molecule has 0 saturated carbocycles. The Morgan fingerprint density at radius 2 is 1.96 bits per heavy atom. The maximum Gasteiger partial charge on any atom is 0.355 e. The van der Waals surface area contributed by atoms with Crippen LogP contribution in [0.3, 0.4) is 0 Å². The van der Waals surface area contributed by atoms with Gasteiger partial charge in [0.2, 0.25) is 0 Å². The van der Waals surface area contributed by atoms with Gasteiger partial charge in [-0.1, -0.05) is 36.9 Å². The molecule has 1 aromatic carbocycles. The summed E-state index contributed by atoms with van der Waals surface area (Å²) in [6, 6.07) is 12.1. The van der Waals surface area contributed by atoms with E-state index >= 15 is 0 Å². The van der Waals surface area contributed by atoms with E-state index in [1.54, 1.807) is 48.8 Å². The van der Waals surface area contributed by atoms with Gasteiger partial charge in [-0.15, -0.1) is 0 Å². The number of pyridine rings is 1. The highest BCUT2D eigenvalue weighted by molar-refractivity contribution is 6.03. The number of benzene rings is 1. The van der Waals surface area contributed by atoms with Crippen molar-refractivity contribution in [3.8, 4) is 0 Å². The molecule has 5 nitrogen and oxygen atoms in total. The second-order valence-electron chi connectivity index (χ2n) is 4.55. The summed E-state index contributed by atoms with van der Waals surface area (Å²) in [5, 5.41) is 2.58. The van der Waals surface area contributed by atoms with E-state index in [1.807, 2.05) is 6.07 Å². The minimum atomic E-state index is -0.641. The van der Waals surface area contributed by atoms with E-state index in [2.05, 4.69) is 16.9 Å². The van der Waals surface area contributed by atoms with Gasteiger partial charge in [-0.05, 0) is 29.8 Å². The fourth-order valence-corrected chi connectivity index (χ4v) is 1.77. The number of aromatic nitrogens is 1. The summed E-state index contributed by atoms with van der Waals surface area (Å²) in [7, 11) is 0. The van der Waals surface area contributed by atoms with Crippen LogP contribution in [0.1, 0.15) is 15.9 Å². The van der Waals surface area contributed by atoms with Gasteiger partial charge in [-0.2, -0.15) is 0 Å². The summed E-state index contributed by atoms with van der Waals surface area (Å²) in [6.45, 7) is 3.55. The number of hydrogen-bond donors (Lipinski definition) is 1. The zero-order valence-electron chi connectivity index (χ0n) is 12.4. The molecule has 0 saturated heterocycles. The Hall–Kier alpha value is -3.21. The number of amides is 1. The highest BCUT2D eigenvalue weighted by atomic mass is 16.5. The Balaban J connectivity index is 2.23. The molecule has 2 aromatic rings. The number of carbonyl (C=O) groups is 2. The van der Waals surface area contributed by atoms with E-state index in [4.69, 9.17) is 4.74 Å². The van der Waals surface area contributed by atoms with E-state index < -0.39 is 11.9 Å². The number of ether oxygens (including phenoxy) is 1. The van der Waals surface area contributed by atoms with Gasteiger partial charge in [0, 0.05) is 18.0 Å². The van der Waals surface area contributed by atoms with Crippen molar-refractivity contribution < 1.29 is 14.3 Å². The van der Waals surface area contributed by atoms with Crippen LogP contribution in [0.4, 0.5) is 0 Å². The van der Waals surface area contributed by atoms with Crippen molar-refractivity contribution >= 4 is 18.0 Å². The maximum absolute atomic E-state index is 12.2. The smallest absolute Gasteiger partial charge is 0.355 e. The first-order valence-corrected chi connectivity index (χ1v) is 6.97. The fourth-order valence-electron chi connectivity index (χ4n) is 1.77. The van der Waals surface area contributed by atoms with Crippen molar-refractivity contribution in [1.82, 2.24) is 10.3 Å². The average Bonchev–Trinajstić information content (AvgIpc) is 2.60. The van der Waals surface area contributed by atoms with Crippen LogP contribution >= 0.6 is 0 Å². The Labute approximate surface area is 134 Å². The maximum atomic E-state index is 12.2. The van der Waals surface area contributed by atoms with Gasteiger partial charge in [0.1, 0.15) is 12.3 Å². The van der Waals surface area contributed by atoms with Crippen LogP contribution < -0.4 is 5.32 Å². The molecule has 116 valence electrons. The molecule has 0 spiro atoms. The quantitative estimate of drug-likeness (QED) is 0.506. The molecule has 1 heterocycles. The second kappa shape index (κ2) is 8.29. The van der Waals surface area contributed by atoms with Gasteiger partial charge in [0.15, 0.2) is 0 Å². The van der Waals surface area contributed by atoms with E-state index in [9.17, 15) is 9.59 Å². The van der Waals surface area contributed by atoms with Crippen molar-refractivity contribution in [2.75, 3.05) is 6.61 Å². The molecule has 5 heteroatoms.